The molecule has 7 nitrogen and oxygen atoms in total. The average molecular weight is 167 g/mol. The van der Waals surface area contributed by atoms with E-state index < -0.39 is 11.1 Å². The van der Waals surface area contributed by atoms with Crippen molar-refractivity contribution in [3.8, 4) is 0 Å². The van der Waals surface area contributed by atoms with Crippen LogP contribution in [0.5, 0.6) is 0 Å². The van der Waals surface area contributed by atoms with Crippen LogP contribution in [0, 0.1) is 0 Å². The van der Waals surface area contributed by atoms with E-state index in [-0.39, 0.29) is 11.0 Å². The Bertz CT molecular complexity index is 485. The normalized spacial score (nSPS) is 10.8. The molecule has 0 aliphatic rings. The minimum absolute atomic E-state index is 0.0567. The van der Waals surface area contributed by atoms with E-state index in [1.807, 2.05) is 0 Å². The van der Waals surface area contributed by atoms with Crippen molar-refractivity contribution in [2.45, 2.75) is 0 Å². The summed E-state index contributed by atoms with van der Waals surface area (Å²) in [6, 6.07) is 0. The number of rotatable bonds is 0. The molecule has 2 aromatic heterocycles. The Balaban J connectivity index is 3.14. The molecule has 0 saturated heterocycles. The van der Waals surface area contributed by atoms with Crippen molar-refractivity contribution >= 4 is 11.0 Å². The molecule has 2 aromatic rings. The molecular weight excluding hydrogens is 162 g/mol. The molecule has 0 amide bonds. The van der Waals surface area contributed by atoms with Gasteiger partial charge in [-0.05, 0) is 0 Å². The summed E-state index contributed by atoms with van der Waals surface area (Å²) in [5.41, 5.74) is -0.780. The van der Waals surface area contributed by atoms with E-state index in [0.717, 1.165) is 0 Å². The van der Waals surface area contributed by atoms with Crippen molar-refractivity contribution in [2.24, 2.45) is 7.05 Å². The molecule has 0 saturated carbocycles. The van der Waals surface area contributed by atoms with Gasteiger partial charge in [0.25, 0.3) is 11.1 Å². The van der Waals surface area contributed by atoms with Crippen molar-refractivity contribution in [3.63, 3.8) is 0 Å². The number of nitrogens with one attached hydrogen (secondary N) is 2. The molecule has 0 radical (unpaired) electrons. The predicted molar refractivity (Wildman–Crippen MR) is 39.8 cm³/mol. The van der Waals surface area contributed by atoms with Gasteiger partial charge in [0.15, 0.2) is 11.0 Å². The molecular formula is C5H5N5O2. The van der Waals surface area contributed by atoms with Gasteiger partial charge in [-0.3, -0.25) is 19.8 Å². The molecule has 2 heterocycles. The average Bonchev–Trinajstić information content (AvgIpc) is 2.41. The van der Waals surface area contributed by atoms with Crippen molar-refractivity contribution in [3.05, 3.63) is 20.7 Å². The fourth-order valence-electron chi connectivity index (χ4n) is 0.944. The third-order valence-electron chi connectivity index (χ3n) is 1.43. The smallest absolute Gasteiger partial charge is 0.265 e. The molecule has 0 aliphatic heterocycles. The first kappa shape index (κ1) is 6.77. The molecule has 0 bridgehead atoms. The standard InChI is InChI=1S/C5H5N5O2/c1-10-8-2-3(9-10)5(12)7-6-4(2)11/h1H3,(H,6,11)(H,7,12). The minimum Gasteiger partial charge on any atom is -0.265 e. The second kappa shape index (κ2) is 2.03. The predicted octanol–water partition coefficient (Wildman–Crippen LogP) is -1.66. The summed E-state index contributed by atoms with van der Waals surface area (Å²) < 4.78 is 0. The van der Waals surface area contributed by atoms with E-state index in [1.54, 1.807) is 7.05 Å². The molecule has 0 spiro atoms. The molecule has 0 aliphatic carbocycles. The fraction of sp³-hybridized carbons (Fsp3) is 0.200. The van der Waals surface area contributed by atoms with Crippen molar-refractivity contribution in [2.75, 3.05) is 0 Å². The Hall–Kier alpha value is -1.92. The largest absolute Gasteiger partial charge is 0.292 e. The maximum Gasteiger partial charge on any atom is 0.292 e. The number of hydrogen-bond acceptors (Lipinski definition) is 4. The number of aromatic amines is 2. The third-order valence-corrected chi connectivity index (χ3v) is 1.43. The second-order valence-corrected chi connectivity index (χ2v) is 2.29. The molecule has 2 rings (SSSR count). The molecule has 0 atom stereocenters. The molecule has 7 heteroatoms. The SMILES string of the molecule is Cn1nc2c(=O)[nH][nH]c(=O)c2n1. The third kappa shape index (κ3) is 0.760. The van der Waals surface area contributed by atoms with Crippen LogP contribution in [0.1, 0.15) is 0 Å². The lowest BCUT2D eigenvalue weighted by Crippen LogP contribution is -2.18. The molecule has 0 fully saturated rings. The monoisotopic (exact) mass is 167 g/mol. The highest BCUT2D eigenvalue weighted by Gasteiger charge is 2.07. The molecule has 0 unspecified atom stereocenters. The van der Waals surface area contributed by atoms with Crippen LogP contribution < -0.4 is 11.1 Å². The summed E-state index contributed by atoms with van der Waals surface area (Å²) in [6.07, 6.45) is 0. The zero-order valence-electron chi connectivity index (χ0n) is 6.16. The van der Waals surface area contributed by atoms with Crippen LogP contribution in [0.25, 0.3) is 11.0 Å². The lowest BCUT2D eigenvalue weighted by atomic mass is 10.5. The van der Waals surface area contributed by atoms with Crippen LogP contribution >= 0.6 is 0 Å². The number of fused-ring (bicyclic) bond motifs is 1. The van der Waals surface area contributed by atoms with Crippen LogP contribution in [-0.2, 0) is 7.05 Å². The van der Waals surface area contributed by atoms with Gasteiger partial charge in [-0.1, -0.05) is 0 Å². The van der Waals surface area contributed by atoms with Gasteiger partial charge in [0.1, 0.15) is 0 Å². The summed E-state index contributed by atoms with van der Waals surface area (Å²) in [5.74, 6) is 0. The lowest BCUT2D eigenvalue weighted by Gasteiger charge is -1.81. The number of hydrogen-bond donors (Lipinski definition) is 2. The Morgan fingerprint density at radius 2 is 1.50 bits per heavy atom. The van der Waals surface area contributed by atoms with Gasteiger partial charge in [-0.25, -0.2) is 0 Å². The van der Waals surface area contributed by atoms with E-state index in [4.69, 9.17) is 0 Å². The Morgan fingerprint density at radius 3 is 1.92 bits per heavy atom. The molecule has 2 N–H and O–H groups in total. The maximum atomic E-state index is 11.0. The van der Waals surface area contributed by atoms with Gasteiger partial charge in [-0.2, -0.15) is 4.80 Å². The first-order chi connectivity index (χ1) is 5.68. The van der Waals surface area contributed by atoms with Gasteiger partial charge in [0.05, 0.1) is 0 Å². The van der Waals surface area contributed by atoms with Gasteiger partial charge >= 0.3 is 0 Å². The first-order valence-corrected chi connectivity index (χ1v) is 3.20. The quantitative estimate of drug-likeness (QED) is 0.491. The summed E-state index contributed by atoms with van der Waals surface area (Å²) in [4.78, 5) is 23.2. The van der Waals surface area contributed by atoms with Crippen molar-refractivity contribution in [1.82, 2.24) is 25.2 Å². The topological polar surface area (TPSA) is 96.4 Å². The summed E-state index contributed by atoms with van der Waals surface area (Å²) in [6.45, 7) is 0. The highest BCUT2D eigenvalue weighted by atomic mass is 16.1. The number of aryl methyl sites for hydroxylation is 1. The first-order valence-electron chi connectivity index (χ1n) is 3.20. The zero-order valence-corrected chi connectivity index (χ0v) is 6.16. The van der Waals surface area contributed by atoms with Gasteiger partial charge in [0.2, 0.25) is 0 Å². The molecule has 62 valence electrons. The Labute approximate surface area is 65.0 Å². The second-order valence-electron chi connectivity index (χ2n) is 2.29. The summed E-state index contributed by atoms with van der Waals surface area (Å²) in [7, 11) is 1.54. The zero-order chi connectivity index (χ0) is 8.72. The lowest BCUT2D eigenvalue weighted by molar-refractivity contribution is 0.664. The summed E-state index contributed by atoms with van der Waals surface area (Å²) in [5, 5.41) is 11.7. The number of H-pyrrole nitrogens is 2. The van der Waals surface area contributed by atoms with E-state index >= 15 is 0 Å². The molecule has 0 aromatic carbocycles. The highest BCUT2D eigenvalue weighted by Crippen LogP contribution is 1.91. The van der Waals surface area contributed by atoms with Crippen molar-refractivity contribution in [1.29, 1.82) is 0 Å². The minimum atomic E-state index is -0.447. The van der Waals surface area contributed by atoms with Crippen LogP contribution in [-0.4, -0.2) is 25.2 Å². The fourth-order valence-corrected chi connectivity index (χ4v) is 0.944. The van der Waals surface area contributed by atoms with Crippen LogP contribution in [0.4, 0.5) is 0 Å². The van der Waals surface area contributed by atoms with E-state index in [9.17, 15) is 9.59 Å². The van der Waals surface area contributed by atoms with Crippen molar-refractivity contribution < 1.29 is 0 Å². The van der Waals surface area contributed by atoms with Crippen LogP contribution in [0.2, 0.25) is 0 Å². The Kier molecular flexibility index (Phi) is 1.15. The van der Waals surface area contributed by atoms with Gasteiger partial charge in [-0.15, -0.1) is 10.2 Å². The van der Waals surface area contributed by atoms with E-state index in [1.165, 1.54) is 4.80 Å². The maximum absolute atomic E-state index is 11.0. The number of nitrogens with zero attached hydrogens (tertiary/aromatic N) is 3. The number of aromatic nitrogens is 5. The van der Waals surface area contributed by atoms with Crippen LogP contribution in [0.3, 0.4) is 0 Å². The van der Waals surface area contributed by atoms with E-state index in [2.05, 4.69) is 20.4 Å². The van der Waals surface area contributed by atoms with Gasteiger partial charge in [0, 0.05) is 7.05 Å². The van der Waals surface area contributed by atoms with Gasteiger partial charge < -0.3 is 0 Å². The van der Waals surface area contributed by atoms with Crippen LogP contribution in [0.15, 0.2) is 9.59 Å². The molecule has 12 heavy (non-hydrogen) atoms. The summed E-state index contributed by atoms with van der Waals surface area (Å²) >= 11 is 0. The highest BCUT2D eigenvalue weighted by molar-refractivity contribution is 5.70. The van der Waals surface area contributed by atoms with E-state index in [0.29, 0.717) is 0 Å². The Morgan fingerprint density at radius 1 is 1.08 bits per heavy atom.